The third kappa shape index (κ3) is 3.66. The molecule has 0 amide bonds. The van der Waals surface area contributed by atoms with Gasteiger partial charge in [0.15, 0.2) is 0 Å². The summed E-state index contributed by atoms with van der Waals surface area (Å²) in [4.78, 5) is 3.18. The molecule has 1 saturated carbocycles. The predicted molar refractivity (Wildman–Crippen MR) is 84.5 cm³/mol. The molecule has 0 bridgehead atoms. The number of halogens is 2. The summed E-state index contributed by atoms with van der Waals surface area (Å²) in [6.45, 7) is 1.68. The molecule has 1 aromatic heterocycles. The molecule has 0 saturated heterocycles. The molecule has 1 aliphatic rings. The number of pyridine rings is 1. The van der Waals surface area contributed by atoms with E-state index >= 15 is 0 Å². The van der Waals surface area contributed by atoms with Crippen LogP contribution in [0, 0.1) is 11.7 Å². The molecular weight excluding hydrogens is 291 g/mol. The number of aliphatic hydroxyl groups excluding tert-OH is 1. The minimum absolute atomic E-state index is 0.246. The van der Waals surface area contributed by atoms with Crippen LogP contribution in [0.25, 0.3) is 5.57 Å². The van der Waals surface area contributed by atoms with Gasteiger partial charge in [-0.1, -0.05) is 12.2 Å². The van der Waals surface area contributed by atoms with Gasteiger partial charge in [0.1, 0.15) is 13.7 Å². The van der Waals surface area contributed by atoms with Crippen LogP contribution >= 0.6 is 11.6 Å². The molecule has 0 radical (unpaired) electrons. The van der Waals surface area contributed by atoms with Crippen molar-refractivity contribution in [2.45, 2.75) is 30.7 Å². The maximum Gasteiger partial charge on any atom is 0.219 e. The molecule has 0 aliphatic heterocycles. The first kappa shape index (κ1) is 16.1. The minimum Gasteiger partial charge on any atom is -0.493 e. The van der Waals surface area contributed by atoms with Crippen molar-refractivity contribution in [1.29, 1.82) is 0 Å². The minimum atomic E-state index is -0.631. The highest BCUT2D eigenvalue weighted by atomic mass is 35.5. The van der Waals surface area contributed by atoms with Crippen LogP contribution in [0.3, 0.4) is 0 Å². The smallest absolute Gasteiger partial charge is 0.219 e. The van der Waals surface area contributed by atoms with Crippen LogP contribution in [0.1, 0.15) is 25.3 Å². The van der Waals surface area contributed by atoms with Gasteiger partial charge in [-0.3, -0.25) is 0 Å². The molecule has 112 valence electrons. The Balaban J connectivity index is 2.46. The van der Waals surface area contributed by atoms with Crippen LogP contribution in [0.4, 0.5) is 4.39 Å². The Bertz CT molecular complexity index is 585. The number of allylic oxidation sites excluding steroid dienone is 2. The molecule has 21 heavy (non-hydrogen) atoms. The maximum absolute atomic E-state index is 13.4. The quantitative estimate of drug-likeness (QED) is 0.498. The molecule has 0 aromatic carbocycles. The fourth-order valence-electron chi connectivity index (χ4n) is 2.43. The Morgan fingerprint density at radius 1 is 1.57 bits per heavy atom. The lowest BCUT2D eigenvalue weighted by Crippen LogP contribution is -2.26. The molecule has 1 aliphatic carbocycles. The predicted octanol–water partition coefficient (Wildman–Crippen LogP) is 2.22. The van der Waals surface area contributed by atoms with Crippen LogP contribution in [-0.2, 0) is 0 Å². The summed E-state index contributed by atoms with van der Waals surface area (Å²) in [5.74, 6) is 0.736. The summed E-state index contributed by atoms with van der Waals surface area (Å²) in [5, 5.41) is 19.8. The van der Waals surface area contributed by atoms with E-state index in [4.69, 9.17) is 11.6 Å². The number of alkyl halides is 1. The van der Waals surface area contributed by atoms with Gasteiger partial charge in [0, 0.05) is 11.5 Å². The average molecular weight is 310 g/mol. The van der Waals surface area contributed by atoms with Crippen molar-refractivity contribution in [2.75, 3.05) is 0 Å². The normalized spacial score (nSPS) is 20.5. The number of nitrogens with zero attached hydrogens (tertiary/aromatic N) is 1. The number of hydrogen-bond acceptors (Lipinski definition) is 3. The van der Waals surface area contributed by atoms with Crippen LogP contribution in [0.15, 0.2) is 30.4 Å². The lowest BCUT2D eigenvalue weighted by molar-refractivity contribution is 0.143. The highest BCUT2D eigenvalue weighted by Gasteiger charge is 2.48. The zero-order valence-corrected chi connectivity index (χ0v) is 12.8. The van der Waals surface area contributed by atoms with Crippen molar-refractivity contribution < 1.29 is 14.6 Å². The van der Waals surface area contributed by atoms with Crippen molar-refractivity contribution in [3.8, 4) is 5.88 Å². The zero-order valence-electron chi connectivity index (χ0n) is 12.1. The van der Waals surface area contributed by atoms with E-state index in [9.17, 15) is 14.6 Å². The van der Waals surface area contributed by atoms with Gasteiger partial charge in [-0.05, 0) is 31.4 Å². The van der Waals surface area contributed by atoms with E-state index in [1.807, 2.05) is 7.85 Å². The second kappa shape index (κ2) is 6.20. The summed E-state index contributed by atoms with van der Waals surface area (Å²) in [7, 11) is 1.82. The first-order chi connectivity index (χ1) is 9.87. The summed E-state index contributed by atoms with van der Waals surface area (Å²) >= 11 is 6.43. The Morgan fingerprint density at radius 2 is 2.24 bits per heavy atom. The largest absolute Gasteiger partial charge is 0.493 e. The van der Waals surface area contributed by atoms with Crippen LogP contribution in [-0.4, -0.2) is 34.0 Å². The zero-order chi connectivity index (χ0) is 15.6. The molecule has 3 nitrogen and oxygen atoms in total. The summed E-state index contributed by atoms with van der Waals surface area (Å²) < 4.78 is 13.4. The molecule has 6 heteroatoms. The Labute approximate surface area is 129 Å². The number of aromatic hydroxyl groups is 1. The lowest BCUT2D eigenvalue weighted by atomic mass is 9.91. The molecule has 2 N–H and O–H groups in total. The van der Waals surface area contributed by atoms with Crippen molar-refractivity contribution in [1.82, 2.24) is 4.98 Å². The Kier molecular flexibility index (Phi) is 4.74. The van der Waals surface area contributed by atoms with Crippen molar-refractivity contribution >= 4 is 25.0 Å². The monoisotopic (exact) mass is 309 g/mol. The lowest BCUT2D eigenvalue weighted by Gasteiger charge is -2.22. The van der Waals surface area contributed by atoms with Gasteiger partial charge in [0.2, 0.25) is 5.88 Å². The van der Waals surface area contributed by atoms with E-state index in [1.165, 1.54) is 6.07 Å². The van der Waals surface area contributed by atoms with Crippen molar-refractivity contribution in [3.05, 3.63) is 41.8 Å². The maximum atomic E-state index is 13.4. The highest BCUT2D eigenvalue weighted by molar-refractivity contribution is 6.26. The third-order valence-corrected chi connectivity index (χ3v) is 4.32. The molecular formula is C15H18BClFNO2. The summed E-state index contributed by atoms with van der Waals surface area (Å²) in [6, 6.07) is 1.22. The van der Waals surface area contributed by atoms with Gasteiger partial charge in [-0.2, -0.15) is 0 Å². The first-order valence-corrected chi connectivity index (χ1v) is 7.31. The second-order valence-corrected chi connectivity index (χ2v) is 6.20. The Hall–Kier alpha value is -1.33. The van der Waals surface area contributed by atoms with E-state index in [2.05, 4.69) is 4.98 Å². The average Bonchev–Trinajstić information content (AvgIpc) is 3.16. The second-order valence-electron chi connectivity index (χ2n) is 5.45. The number of hydrogen-bond donors (Lipinski definition) is 2. The highest BCUT2D eigenvalue weighted by Crippen LogP contribution is 2.51. The molecule has 1 heterocycles. The molecule has 1 fully saturated rings. The van der Waals surface area contributed by atoms with E-state index < -0.39 is 16.8 Å². The molecule has 2 rings (SSSR count). The van der Waals surface area contributed by atoms with Gasteiger partial charge < -0.3 is 10.2 Å². The fourth-order valence-corrected chi connectivity index (χ4v) is 2.77. The van der Waals surface area contributed by atoms with Crippen LogP contribution in [0.2, 0.25) is 0 Å². The number of aromatic nitrogens is 1. The number of aliphatic hydroxyl groups is 1. The summed E-state index contributed by atoms with van der Waals surface area (Å²) in [6.07, 6.45) is 5.53. The van der Waals surface area contributed by atoms with E-state index in [-0.39, 0.29) is 11.8 Å². The van der Waals surface area contributed by atoms with E-state index in [0.717, 1.165) is 19.0 Å². The molecule has 1 aromatic rings. The summed E-state index contributed by atoms with van der Waals surface area (Å²) in [5.41, 5.74) is 0.888. The first-order valence-electron chi connectivity index (χ1n) is 6.94. The fraction of sp³-hybridized carbons (Fsp3) is 0.400. The van der Waals surface area contributed by atoms with Gasteiger partial charge in [-0.15, -0.1) is 17.6 Å². The van der Waals surface area contributed by atoms with Crippen LogP contribution in [0.5, 0.6) is 5.88 Å². The molecule has 2 atom stereocenters. The Morgan fingerprint density at radius 3 is 2.76 bits per heavy atom. The van der Waals surface area contributed by atoms with Crippen molar-refractivity contribution in [2.24, 2.45) is 5.92 Å². The molecule has 0 spiro atoms. The topological polar surface area (TPSA) is 53.4 Å². The molecule has 2 unspecified atom stereocenters. The van der Waals surface area contributed by atoms with Gasteiger partial charge in [0.05, 0.1) is 17.2 Å². The third-order valence-electron chi connectivity index (χ3n) is 3.69. The van der Waals surface area contributed by atoms with E-state index in [0.29, 0.717) is 11.1 Å². The van der Waals surface area contributed by atoms with E-state index in [1.54, 1.807) is 25.1 Å². The van der Waals surface area contributed by atoms with Gasteiger partial charge >= 0.3 is 0 Å². The number of rotatable bonds is 5. The van der Waals surface area contributed by atoms with Gasteiger partial charge in [-0.25, -0.2) is 9.37 Å². The SMILES string of the molecule is B/C=C/C(=C\C(C(C)O)C1(Cl)CC1)c1cc(F)cnc1O. The van der Waals surface area contributed by atoms with Crippen LogP contribution < -0.4 is 0 Å². The standard InChI is InChI=1S/C15H18BClFNO2/c1-9(20)13(15(17)3-4-15)6-10(2-5-16)12-7-11(18)8-19-14(12)21/h2,5-9,13,20H,3-4,16H2,1H3,(H,19,21)/b5-2+,10-6+. The van der Waals surface area contributed by atoms with Gasteiger partial charge in [0.25, 0.3) is 0 Å². The van der Waals surface area contributed by atoms with Crippen molar-refractivity contribution in [3.63, 3.8) is 0 Å².